The first-order valence-electron chi connectivity index (χ1n) is 6.83. The van der Waals surface area contributed by atoms with Crippen LogP contribution in [0.3, 0.4) is 0 Å². The quantitative estimate of drug-likeness (QED) is 0.411. The van der Waals surface area contributed by atoms with Gasteiger partial charge in [-0.15, -0.1) is 0 Å². The second kappa shape index (κ2) is 8.12. The SMILES string of the molecule is C[C@@H](C(=O)OCC(=O)NCC(F)(F)F)S(=O)(=O)c1ccc([N+](=O)[O-])cc1. The van der Waals surface area contributed by atoms with E-state index in [0.29, 0.717) is 0 Å². The number of carbonyl (C=O) groups excluding carboxylic acids is 2. The highest BCUT2D eigenvalue weighted by Crippen LogP contribution is 2.20. The van der Waals surface area contributed by atoms with E-state index in [9.17, 15) is 41.3 Å². The first-order valence-corrected chi connectivity index (χ1v) is 8.37. The molecule has 0 aromatic heterocycles. The van der Waals surface area contributed by atoms with Gasteiger partial charge in [-0.25, -0.2) is 8.42 Å². The Balaban J connectivity index is 2.71. The maximum absolute atomic E-state index is 12.2. The van der Waals surface area contributed by atoms with Crippen LogP contribution in [0.1, 0.15) is 6.92 Å². The number of carbonyl (C=O) groups is 2. The number of nitrogens with zero attached hydrogens (tertiary/aromatic N) is 1. The number of ether oxygens (including phenoxy) is 1. The normalized spacial score (nSPS) is 12.9. The molecule has 0 fully saturated rings. The van der Waals surface area contributed by atoms with E-state index < -0.39 is 56.1 Å². The molecule has 1 rings (SSSR count). The molecule has 0 saturated heterocycles. The third kappa shape index (κ3) is 5.98. The van der Waals surface area contributed by atoms with Gasteiger partial charge in [0.2, 0.25) is 0 Å². The minimum absolute atomic E-state index is 0.361. The van der Waals surface area contributed by atoms with Crippen LogP contribution in [-0.2, 0) is 24.2 Å². The van der Waals surface area contributed by atoms with Crippen LogP contribution in [0.4, 0.5) is 18.9 Å². The fourth-order valence-electron chi connectivity index (χ4n) is 1.59. The minimum atomic E-state index is -4.65. The van der Waals surface area contributed by atoms with Gasteiger partial charge in [-0.05, 0) is 19.1 Å². The summed E-state index contributed by atoms with van der Waals surface area (Å²) in [4.78, 5) is 32.3. The number of hydrogen-bond donors (Lipinski definition) is 1. The van der Waals surface area contributed by atoms with Gasteiger partial charge in [0.1, 0.15) is 6.54 Å². The number of esters is 1. The Labute approximate surface area is 145 Å². The molecular formula is C13H13F3N2O7S. The van der Waals surface area contributed by atoms with Crippen LogP contribution in [0, 0.1) is 10.1 Å². The van der Waals surface area contributed by atoms with E-state index >= 15 is 0 Å². The summed E-state index contributed by atoms with van der Waals surface area (Å²) in [6, 6.07) is 3.70. The molecule has 1 aromatic rings. The molecule has 1 atom stereocenters. The van der Waals surface area contributed by atoms with Crippen LogP contribution in [0.15, 0.2) is 29.2 Å². The second-order valence-corrected chi connectivity index (χ2v) is 7.21. The van der Waals surface area contributed by atoms with Gasteiger partial charge in [0.25, 0.3) is 11.6 Å². The van der Waals surface area contributed by atoms with Crippen molar-refractivity contribution >= 4 is 27.4 Å². The van der Waals surface area contributed by atoms with E-state index in [0.717, 1.165) is 31.2 Å². The summed E-state index contributed by atoms with van der Waals surface area (Å²) in [5, 5.41) is 10.2. The molecule has 1 aromatic carbocycles. The standard InChI is InChI=1S/C13H13F3N2O7S/c1-8(12(20)25-6-11(19)17-7-13(14,15)16)26(23,24)10-4-2-9(3-5-10)18(21)22/h2-5,8H,6-7H2,1H3,(H,17,19)/t8-/m0/s1. The molecular weight excluding hydrogens is 385 g/mol. The molecule has 0 aliphatic rings. The highest BCUT2D eigenvalue weighted by molar-refractivity contribution is 7.92. The van der Waals surface area contributed by atoms with Gasteiger partial charge in [0.15, 0.2) is 21.7 Å². The van der Waals surface area contributed by atoms with Crippen molar-refractivity contribution in [1.29, 1.82) is 0 Å². The molecule has 26 heavy (non-hydrogen) atoms. The number of nitro groups is 1. The van der Waals surface area contributed by atoms with Crippen molar-refractivity contribution < 1.29 is 40.8 Å². The smallest absolute Gasteiger partial charge is 0.405 e. The van der Waals surface area contributed by atoms with Gasteiger partial charge >= 0.3 is 12.1 Å². The Morgan fingerprint density at radius 2 is 1.81 bits per heavy atom. The molecule has 1 amide bonds. The largest absolute Gasteiger partial charge is 0.455 e. The molecule has 0 saturated carbocycles. The third-order valence-corrected chi connectivity index (χ3v) is 5.06. The number of hydrogen-bond acceptors (Lipinski definition) is 7. The molecule has 1 N–H and O–H groups in total. The van der Waals surface area contributed by atoms with Crippen molar-refractivity contribution in [2.24, 2.45) is 0 Å². The molecule has 0 unspecified atom stereocenters. The molecule has 13 heteroatoms. The zero-order chi connectivity index (χ0) is 20.1. The molecule has 0 radical (unpaired) electrons. The number of sulfone groups is 1. The van der Waals surface area contributed by atoms with Gasteiger partial charge in [0, 0.05) is 12.1 Å². The Morgan fingerprint density at radius 1 is 1.27 bits per heavy atom. The second-order valence-electron chi connectivity index (χ2n) is 4.94. The summed E-state index contributed by atoms with van der Waals surface area (Å²) >= 11 is 0. The third-order valence-electron chi connectivity index (χ3n) is 3.00. The monoisotopic (exact) mass is 398 g/mol. The van der Waals surface area contributed by atoms with E-state index in [1.165, 1.54) is 5.32 Å². The summed E-state index contributed by atoms with van der Waals surface area (Å²) in [7, 11) is -4.27. The molecule has 0 aliphatic heterocycles. The fraction of sp³-hybridized carbons (Fsp3) is 0.385. The number of halogens is 3. The number of nitro benzene ring substituents is 1. The zero-order valence-corrected chi connectivity index (χ0v) is 14.0. The minimum Gasteiger partial charge on any atom is -0.455 e. The van der Waals surface area contributed by atoms with Crippen LogP contribution >= 0.6 is 0 Å². The number of nitrogens with one attached hydrogen (secondary N) is 1. The topological polar surface area (TPSA) is 133 Å². The maximum atomic E-state index is 12.2. The summed E-state index contributed by atoms with van der Waals surface area (Å²) < 4.78 is 64.6. The lowest BCUT2D eigenvalue weighted by Gasteiger charge is -2.13. The van der Waals surface area contributed by atoms with Gasteiger partial charge in [-0.3, -0.25) is 19.7 Å². The predicted octanol–water partition coefficient (Wildman–Crippen LogP) is 0.979. The van der Waals surface area contributed by atoms with Crippen molar-refractivity contribution in [1.82, 2.24) is 5.32 Å². The van der Waals surface area contributed by atoms with Crippen LogP contribution < -0.4 is 5.32 Å². The highest BCUT2D eigenvalue weighted by atomic mass is 32.2. The van der Waals surface area contributed by atoms with Gasteiger partial charge in [0.05, 0.1) is 9.82 Å². The molecule has 0 heterocycles. The average molecular weight is 398 g/mol. The molecule has 9 nitrogen and oxygen atoms in total. The summed E-state index contributed by atoms with van der Waals surface area (Å²) in [5.74, 6) is -2.61. The van der Waals surface area contributed by atoms with Gasteiger partial charge in [-0.1, -0.05) is 0 Å². The first kappa shape index (κ1) is 21.3. The van der Waals surface area contributed by atoms with Gasteiger partial charge < -0.3 is 10.1 Å². The van der Waals surface area contributed by atoms with E-state index in [2.05, 4.69) is 4.74 Å². The lowest BCUT2D eigenvalue weighted by molar-refractivity contribution is -0.384. The van der Waals surface area contributed by atoms with E-state index in [1.54, 1.807) is 0 Å². The zero-order valence-electron chi connectivity index (χ0n) is 13.1. The van der Waals surface area contributed by atoms with Crippen molar-refractivity contribution in [2.75, 3.05) is 13.2 Å². The Morgan fingerprint density at radius 3 is 2.27 bits per heavy atom. The molecule has 0 spiro atoms. The van der Waals surface area contributed by atoms with Crippen molar-refractivity contribution in [2.45, 2.75) is 23.2 Å². The number of alkyl halides is 3. The Kier molecular flexibility index (Phi) is 6.66. The molecule has 144 valence electrons. The number of benzene rings is 1. The number of non-ortho nitro benzene ring substituents is 1. The lowest BCUT2D eigenvalue weighted by Crippen LogP contribution is -2.38. The maximum Gasteiger partial charge on any atom is 0.405 e. The van der Waals surface area contributed by atoms with Crippen LogP contribution in [-0.4, -0.2) is 49.8 Å². The van der Waals surface area contributed by atoms with E-state index in [4.69, 9.17) is 0 Å². The van der Waals surface area contributed by atoms with E-state index in [-0.39, 0.29) is 5.69 Å². The summed E-state index contributed by atoms with van der Waals surface area (Å²) in [5.41, 5.74) is -0.361. The molecule has 0 bridgehead atoms. The van der Waals surface area contributed by atoms with Crippen molar-refractivity contribution in [3.63, 3.8) is 0 Å². The number of rotatable bonds is 7. The van der Waals surface area contributed by atoms with Crippen LogP contribution in [0.5, 0.6) is 0 Å². The highest BCUT2D eigenvalue weighted by Gasteiger charge is 2.32. The molecule has 0 aliphatic carbocycles. The fourth-order valence-corrected chi connectivity index (χ4v) is 2.84. The Hall–Kier alpha value is -2.70. The lowest BCUT2D eigenvalue weighted by atomic mass is 10.3. The van der Waals surface area contributed by atoms with Crippen LogP contribution in [0.2, 0.25) is 0 Å². The van der Waals surface area contributed by atoms with Gasteiger partial charge in [-0.2, -0.15) is 13.2 Å². The van der Waals surface area contributed by atoms with E-state index in [1.807, 2.05) is 0 Å². The first-order chi connectivity index (χ1) is 11.8. The average Bonchev–Trinajstić information content (AvgIpc) is 2.56. The Bertz CT molecular complexity index is 791. The van der Waals surface area contributed by atoms with Crippen LogP contribution in [0.25, 0.3) is 0 Å². The summed E-state index contributed by atoms with van der Waals surface area (Å²) in [6.07, 6.45) is -4.65. The van der Waals surface area contributed by atoms with Crippen molar-refractivity contribution in [3.05, 3.63) is 34.4 Å². The summed E-state index contributed by atoms with van der Waals surface area (Å²) in [6.45, 7) is -1.76. The number of amides is 1. The van der Waals surface area contributed by atoms with Crippen molar-refractivity contribution in [3.8, 4) is 0 Å². The predicted molar refractivity (Wildman–Crippen MR) is 79.8 cm³/mol.